The third kappa shape index (κ3) is 38.7. The molecule has 2 saturated heterocycles. The zero-order valence-electron chi connectivity index (χ0n) is 61.2. The van der Waals surface area contributed by atoms with E-state index < -0.39 is 156 Å². The van der Waals surface area contributed by atoms with Gasteiger partial charge in [-0.1, -0.05) is 278 Å². The monoisotopic (exact) mass is 1440 g/mol. The maximum atomic E-state index is 14.4. The van der Waals surface area contributed by atoms with E-state index in [1.165, 1.54) is 161 Å². The summed E-state index contributed by atoms with van der Waals surface area (Å²) in [7, 11) is -5.70. The Bertz CT molecular complexity index is 2060. The highest BCUT2D eigenvalue weighted by molar-refractivity contribution is 7.47. The van der Waals surface area contributed by atoms with Gasteiger partial charge in [0, 0.05) is 19.3 Å². The SMILES string of the molecule is CCCCCCCCCCCCCCCCCC(=O)OCC(COP(=O)(O)OC1C(OC2OC(CO)C(O)C(O)C2O)C(O)C(O)C(O)C1OC1OC(COC(=O)CCCCCCCCCCCCCCC)C(O)C(O)C1O)OC(=O)CCCCCCCCC(C)CCCCCCCC. The quantitative estimate of drug-likeness (QED) is 0.0117. The highest BCUT2D eigenvalue weighted by Gasteiger charge is 2.58. The van der Waals surface area contributed by atoms with Crippen molar-refractivity contribution in [1.29, 1.82) is 0 Å². The topological polar surface area (TPSA) is 374 Å². The lowest BCUT2D eigenvalue weighted by molar-refractivity contribution is -0.360. The summed E-state index contributed by atoms with van der Waals surface area (Å²) in [4.78, 5) is 51.1. The summed E-state index contributed by atoms with van der Waals surface area (Å²) in [6.07, 6.45) is 11.6. The molecule has 99 heavy (non-hydrogen) atoms. The Kier molecular flexibility index (Phi) is 51.0. The molecule has 1 aliphatic carbocycles. The van der Waals surface area contributed by atoms with Gasteiger partial charge in [-0.2, -0.15) is 0 Å². The molecule has 3 aliphatic rings. The molecular weight excluding hydrogens is 1300 g/mol. The first-order chi connectivity index (χ1) is 47.7. The maximum absolute atomic E-state index is 14.4. The molecule has 0 aromatic heterocycles. The summed E-state index contributed by atoms with van der Waals surface area (Å²) in [6, 6.07) is 0. The summed E-state index contributed by atoms with van der Waals surface area (Å²) in [5.41, 5.74) is 0. The van der Waals surface area contributed by atoms with Gasteiger partial charge < -0.3 is 89.1 Å². The van der Waals surface area contributed by atoms with Crippen LogP contribution < -0.4 is 0 Å². The predicted molar refractivity (Wildman–Crippen MR) is 375 cm³/mol. The van der Waals surface area contributed by atoms with Crippen LogP contribution in [0.2, 0.25) is 0 Å². The van der Waals surface area contributed by atoms with Crippen LogP contribution in [0.5, 0.6) is 0 Å². The minimum absolute atomic E-state index is 0.0331. The van der Waals surface area contributed by atoms with Crippen LogP contribution in [0.4, 0.5) is 0 Å². The Balaban J connectivity index is 1.73. The fourth-order valence-electron chi connectivity index (χ4n) is 13.3. The molecular formula is C74H139O24P. The number of ether oxygens (including phenoxy) is 7. The molecule has 24 nitrogen and oxygen atoms in total. The molecule has 584 valence electrons. The number of hydrogen-bond acceptors (Lipinski definition) is 23. The van der Waals surface area contributed by atoms with Crippen LogP contribution in [0.1, 0.15) is 317 Å². The molecule has 3 fully saturated rings. The Hall–Kier alpha value is -2.04. The van der Waals surface area contributed by atoms with Crippen LogP contribution in [-0.4, -0.2) is 204 Å². The molecule has 0 aromatic carbocycles. The lowest BCUT2D eigenvalue weighted by Crippen LogP contribution is -2.69. The molecule has 0 aromatic rings. The number of rotatable bonds is 61. The Morgan fingerprint density at radius 2 is 0.707 bits per heavy atom. The van der Waals surface area contributed by atoms with Crippen molar-refractivity contribution in [1.82, 2.24) is 0 Å². The first kappa shape index (κ1) is 91.2. The fraction of sp³-hybridized carbons (Fsp3) is 0.959. The van der Waals surface area contributed by atoms with E-state index in [2.05, 4.69) is 27.7 Å². The van der Waals surface area contributed by atoms with Crippen molar-refractivity contribution in [2.24, 2.45) is 5.92 Å². The van der Waals surface area contributed by atoms with Crippen LogP contribution in [0, 0.1) is 5.92 Å². The summed E-state index contributed by atoms with van der Waals surface area (Å²) in [5, 5.41) is 110. The van der Waals surface area contributed by atoms with Crippen LogP contribution in [0.25, 0.3) is 0 Å². The molecule has 0 radical (unpaired) electrons. The number of aliphatic hydroxyl groups excluding tert-OH is 10. The lowest BCUT2D eigenvalue weighted by Gasteiger charge is -2.49. The zero-order valence-corrected chi connectivity index (χ0v) is 62.1. The molecule has 25 heteroatoms. The zero-order chi connectivity index (χ0) is 72.6. The number of esters is 3. The van der Waals surface area contributed by atoms with Gasteiger partial charge in [-0.3, -0.25) is 23.4 Å². The number of hydrogen-bond donors (Lipinski definition) is 11. The third-order valence-corrected chi connectivity index (χ3v) is 20.8. The number of phosphoric ester groups is 1. The second-order valence-electron chi connectivity index (χ2n) is 28.7. The van der Waals surface area contributed by atoms with E-state index >= 15 is 0 Å². The van der Waals surface area contributed by atoms with Gasteiger partial charge in [-0.25, -0.2) is 4.57 Å². The van der Waals surface area contributed by atoms with E-state index in [1.807, 2.05) is 0 Å². The third-order valence-electron chi connectivity index (χ3n) is 19.8. The van der Waals surface area contributed by atoms with Gasteiger partial charge in [0.2, 0.25) is 0 Å². The standard InChI is InChI=1S/C74H139O24P/c1-5-8-11-14-17-19-21-23-24-26-28-29-31-37-42-47-58(76)90-51-55(93-60(78)49-44-39-34-33-36-41-46-54(4)45-40-35-16-13-10-7-3)52-92-99(88,89)98-72-70(96-73-68(86)63(81)61(79)56(50-75)94-73)66(84)65(83)67(85)71(72)97-74-69(87)64(82)62(80)57(95-74)53-91-59(77)48-43-38-32-30-27-25-22-20-18-15-12-9-6-2/h54-57,61-75,79-87H,5-53H2,1-4H3,(H,88,89). The van der Waals surface area contributed by atoms with Gasteiger partial charge in [-0.05, 0) is 25.2 Å². The normalized spacial score (nSPS) is 27.7. The van der Waals surface area contributed by atoms with E-state index in [-0.39, 0.29) is 19.3 Å². The Labute approximate surface area is 593 Å². The number of carbonyl (C=O) groups excluding carboxylic acids is 3. The summed E-state index contributed by atoms with van der Waals surface area (Å²) >= 11 is 0. The number of carbonyl (C=O) groups is 3. The van der Waals surface area contributed by atoms with Crippen molar-refractivity contribution in [2.45, 2.75) is 421 Å². The van der Waals surface area contributed by atoms with Gasteiger partial charge in [-0.15, -0.1) is 0 Å². The number of aliphatic hydroxyl groups is 10. The van der Waals surface area contributed by atoms with Crippen molar-refractivity contribution < 1.29 is 117 Å². The van der Waals surface area contributed by atoms with Gasteiger partial charge in [0.25, 0.3) is 0 Å². The largest absolute Gasteiger partial charge is 0.472 e. The van der Waals surface area contributed by atoms with E-state index in [0.29, 0.717) is 25.2 Å². The second kappa shape index (κ2) is 55.4. The molecule has 1 saturated carbocycles. The molecule has 2 heterocycles. The van der Waals surface area contributed by atoms with Crippen LogP contribution >= 0.6 is 7.82 Å². The van der Waals surface area contributed by atoms with Gasteiger partial charge in [0.15, 0.2) is 18.7 Å². The summed E-state index contributed by atoms with van der Waals surface area (Å²) in [6.45, 7) is 5.80. The van der Waals surface area contributed by atoms with Crippen molar-refractivity contribution in [3.8, 4) is 0 Å². The first-order valence-electron chi connectivity index (χ1n) is 39.2. The summed E-state index contributed by atoms with van der Waals surface area (Å²) in [5.74, 6) is -1.29. The first-order valence-corrected chi connectivity index (χ1v) is 40.7. The van der Waals surface area contributed by atoms with Crippen molar-refractivity contribution in [3.63, 3.8) is 0 Å². The van der Waals surface area contributed by atoms with E-state index in [0.717, 1.165) is 89.9 Å². The minimum atomic E-state index is -5.70. The molecule has 19 atom stereocenters. The molecule has 3 rings (SSSR count). The van der Waals surface area contributed by atoms with Crippen LogP contribution in [-0.2, 0) is 61.2 Å². The smallest absolute Gasteiger partial charge is 0.463 e. The number of phosphoric acid groups is 1. The maximum Gasteiger partial charge on any atom is 0.472 e. The molecule has 19 unspecified atom stereocenters. The molecule has 0 amide bonds. The molecule has 2 aliphatic heterocycles. The Morgan fingerprint density at radius 3 is 1.09 bits per heavy atom. The Morgan fingerprint density at radius 1 is 0.384 bits per heavy atom. The molecule has 0 bridgehead atoms. The average Bonchev–Trinajstić information content (AvgIpc) is 0.761. The summed E-state index contributed by atoms with van der Waals surface area (Å²) < 4.78 is 65.2. The van der Waals surface area contributed by atoms with Crippen LogP contribution in [0.15, 0.2) is 0 Å². The predicted octanol–water partition coefficient (Wildman–Crippen LogP) is 11.2. The van der Waals surface area contributed by atoms with E-state index in [1.54, 1.807) is 0 Å². The number of unbranched alkanes of at least 4 members (excludes halogenated alkanes) is 36. The highest BCUT2D eigenvalue weighted by Crippen LogP contribution is 2.49. The molecule has 0 spiro atoms. The second-order valence-corrected chi connectivity index (χ2v) is 30.1. The van der Waals surface area contributed by atoms with Crippen molar-refractivity contribution >= 4 is 25.7 Å². The van der Waals surface area contributed by atoms with Crippen molar-refractivity contribution in [3.05, 3.63) is 0 Å². The average molecular weight is 1440 g/mol. The van der Waals surface area contributed by atoms with Gasteiger partial charge in [0.1, 0.15) is 98.7 Å². The molecule has 11 N–H and O–H groups in total. The van der Waals surface area contributed by atoms with E-state index in [9.17, 15) is 74.9 Å². The van der Waals surface area contributed by atoms with Gasteiger partial charge >= 0.3 is 25.7 Å². The highest BCUT2D eigenvalue weighted by atomic mass is 31.2. The fourth-order valence-corrected chi connectivity index (χ4v) is 14.3. The lowest BCUT2D eigenvalue weighted by atomic mass is 9.84. The van der Waals surface area contributed by atoms with Crippen LogP contribution in [0.3, 0.4) is 0 Å². The van der Waals surface area contributed by atoms with Crippen molar-refractivity contribution in [2.75, 3.05) is 26.4 Å². The van der Waals surface area contributed by atoms with E-state index in [4.69, 9.17) is 42.2 Å². The van der Waals surface area contributed by atoms with Gasteiger partial charge in [0.05, 0.1) is 13.2 Å². The minimum Gasteiger partial charge on any atom is -0.463 e.